The molecule has 0 aromatic carbocycles. The highest BCUT2D eigenvalue weighted by atomic mass is 32.2. The zero-order valence-corrected chi connectivity index (χ0v) is 11.1. The van der Waals surface area contributed by atoms with Gasteiger partial charge in [-0.1, -0.05) is 13.0 Å². The normalized spacial score (nSPS) is 13.1. The third-order valence-electron chi connectivity index (χ3n) is 2.78. The fraction of sp³-hybridized carbons (Fsp3) is 0.462. The van der Waals surface area contributed by atoms with Gasteiger partial charge in [-0.25, -0.2) is 4.98 Å². The molecule has 0 spiro atoms. The summed E-state index contributed by atoms with van der Waals surface area (Å²) in [5, 5.41) is 9.33. The zero-order chi connectivity index (χ0) is 12.3. The van der Waals surface area contributed by atoms with Crippen molar-refractivity contribution in [2.45, 2.75) is 31.3 Å². The largest absolute Gasteiger partial charge is 0.396 e. The molecule has 0 aliphatic heterocycles. The lowest BCUT2D eigenvalue weighted by molar-refractivity contribution is 0.289. The summed E-state index contributed by atoms with van der Waals surface area (Å²) in [5.41, 5.74) is 3.35. The number of thioether (sulfide) groups is 1. The summed E-state index contributed by atoms with van der Waals surface area (Å²) in [5.74, 6) is 0.905. The van der Waals surface area contributed by atoms with Gasteiger partial charge in [0.05, 0.1) is 5.69 Å². The third-order valence-corrected chi connectivity index (χ3v) is 4.05. The first-order chi connectivity index (χ1) is 8.20. The highest BCUT2D eigenvalue weighted by molar-refractivity contribution is 7.99. The van der Waals surface area contributed by atoms with E-state index in [9.17, 15) is 0 Å². The molecule has 0 saturated carbocycles. The Morgan fingerprint density at radius 1 is 1.53 bits per heavy atom. The van der Waals surface area contributed by atoms with Crippen molar-refractivity contribution in [3.8, 4) is 0 Å². The highest BCUT2D eigenvalue weighted by Gasteiger charge is 2.06. The summed E-state index contributed by atoms with van der Waals surface area (Å²) in [4.78, 5) is 4.62. The highest BCUT2D eigenvalue weighted by Crippen LogP contribution is 2.20. The van der Waals surface area contributed by atoms with Gasteiger partial charge in [-0.05, 0) is 25.0 Å². The van der Waals surface area contributed by atoms with Gasteiger partial charge in [0.25, 0.3) is 0 Å². The van der Waals surface area contributed by atoms with Crippen LogP contribution in [0.25, 0.3) is 5.65 Å². The van der Waals surface area contributed by atoms with E-state index >= 15 is 0 Å². The van der Waals surface area contributed by atoms with Gasteiger partial charge in [-0.3, -0.25) is 0 Å². The smallest absolute Gasteiger partial charge is 0.139 e. The maximum atomic E-state index is 8.85. The van der Waals surface area contributed by atoms with E-state index < -0.39 is 0 Å². The van der Waals surface area contributed by atoms with Crippen LogP contribution in [0.15, 0.2) is 24.5 Å². The minimum atomic E-state index is 0.262. The maximum absolute atomic E-state index is 8.85. The first kappa shape index (κ1) is 12.5. The van der Waals surface area contributed by atoms with E-state index in [1.165, 1.54) is 5.56 Å². The number of aliphatic hydroxyl groups excluding tert-OH is 1. The SMILES string of the molecule is Cc1cccn2cc(CSC(C)CCO)nc12. The molecule has 2 heterocycles. The minimum absolute atomic E-state index is 0.262. The fourth-order valence-electron chi connectivity index (χ4n) is 1.77. The van der Waals surface area contributed by atoms with Crippen molar-refractivity contribution in [1.29, 1.82) is 0 Å². The monoisotopic (exact) mass is 250 g/mol. The Bertz CT molecular complexity index is 495. The molecule has 0 amide bonds. The molecule has 1 unspecified atom stereocenters. The molecule has 3 nitrogen and oxygen atoms in total. The molecular weight excluding hydrogens is 232 g/mol. The van der Waals surface area contributed by atoms with Gasteiger partial charge in [0.2, 0.25) is 0 Å². The molecule has 92 valence electrons. The predicted molar refractivity (Wildman–Crippen MR) is 72.4 cm³/mol. The van der Waals surface area contributed by atoms with Gasteiger partial charge >= 0.3 is 0 Å². The summed E-state index contributed by atoms with van der Waals surface area (Å²) < 4.78 is 2.07. The van der Waals surface area contributed by atoms with Crippen LogP contribution < -0.4 is 0 Å². The number of aromatic nitrogens is 2. The van der Waals surface area contributed by atoms with Crippen LogP contribution in [-0.4, -0.2) is 26.3 Å². The molecule has 2 rings (SSSR count). The molecule has 0 radical (unpaired) electrons. The molecule has 1 N–H and O–H groups in total. The lowest BCUT2D eigenvalue weighted by atomic mass is 10.3. The van der Waals surface area contributed by atoms with E-state index in [4.69, 9.17) is 5.11 Å². The first-order valence-electron chi connectivity index (χ1n) is 5.86. The summed E-state index contributed by atoms with van der Waals surface area (Å²) in [6, 6.07) is 4.11. The molecule has 0 saturated heterocycles. The quantitative estimate of drug-likeness (QED) is 0.886. The number of aliphatic hydroxyl groups is 1. The Kier molecular flexibility index (Phi) is 4.07. The summed E-state index contributed by atoms with van der Waals surface area (Å²) >= 11 is 1.84. The molecular formula is C13H18N2OS. The molecule has 0 aliphatic rings. The van der Waals surface area contributed by atoms with E-state index in [0.717, 1.165) is 23.5 Å². The fourth-order valence-corrected chi connectivity index (χ4v) is 2.63. The number of hydrogen-bond acceptors (Lipinski definition) is 3. The van der Waals surface area contributed by atoms with E-state index in [0.29, 0.717) is 5.25 Å². The molecule has 1 atom stereocenters. The summed E-state index contributed by atoms with van der Waals surface area (Å²) in [6.45, 7) is 4.48. The zero-order valence-electron chi connectivity index (χ0n) is 10.3. The van der Waals surface area contributed by atoms with Crippen LogP contribution in [0.3, 0.4) is 0 Å². The van der Waals surface area contributed by atoms with Crippen LogP contribution in [0.4, 0.5) is 0 Å². The van der Waals surface area contributed by atoms with Crippen LogP contribution in [0, 0.1) is 6.92 Å². The van der Waals surface area contributed by atoms with Crippen LogP contribution in [0.2, 0.25) is 0 Å². The average Bonchev–Trinajstić information content (AvgIpc) is 2.71. The van der Waals surface area contributed by atoms with Gasteiger partial charge in [0.15, 0.2) is 0 Å². The van der Waals surface area contributed by atoms with Crippen LogP contribution in [0.5, 0.6) is 0 Å². The van der Waals surface area contributed by atoms with E-state index in [1.807, 2.05) is 24.0 Å². The topological polar surface area (TPSA) is 37.5 Å². The molecule has 0 aliphatic carbocycles. The molecule has 17 heavy (non-hydrogen) atoms. The third kappa shape index (κ3) is 3.01. The molecule has 0 bridgehead atoms. The van der Waals surface area contributed by atoms with Gasteiger partial charge in [0, 0.05) is 30.0 Å². The number of imidazole rings is 1. The number of hydrogen-bond donors (Lipinski definition) is 1. The number of rotatable bonds is 5. The predicted octanol–water partition coefficient (Wildman–Crippen LogP) is 2.65. The summed E-state index contributed by atoms with van der Waals surface area (Å²) in [6.07, 6.45) is 4.96. The lowest BCUT2D eigenvalue weighted by Crippen LogP contribution is -1.99. The number of fused-ring (bicyclic) bond motifs is 1. The Hall–Kier alpha value is -1.00. The van der Waals surface area contributed by atoms with Crippen molar-refractivity contribution in [2.75, 3.05) is 6.61 Å². The van der Waals surface area contributed by atoms with Crippen LogP contribution in [0.1, 0.15) is 24.6 Å². The molecule has 4 heteroatoms. The van der Waals surface area contributed by atoms with Crippen molar-refractivity contribution >= 4 is 17.4 Å². The van der Waals surface area contributed by atoms with Gasteiger partial charge in [0.1, 0.15) is 5.65 Å². The van der Waals surface area contributed by atoms with E-state index in [1.54, 1.807) is 0 Å². The van der Waals surface area contributed by atoms with E-state index in [2.05, 4.69) is 35.5 Å². The first-order valence-corrected chi connectivity index (χ1v) is 6.91. The maximum Gasteiger partial charge on any atom is 0.139 e. The van der Waals surface area contributed by atoms with Crippen molar-refractivity contribution < 1.29 is 5.11 Å². The number of aryl methyl sites for hydroxylation is 1. The Balaban J connectivity index is 2.07. The standard InChI is InChI=1S/C13H18N2OS/c1-10-4-3-6-15-8-12(14-13(10)15)9-17-11(2)5-7-16/h3-4,6,8,11,16H,5,7,9H2,1-2H3. The van der Waals surface area contributed by atoms with Crippen molar-refractivity contribution in [2.24, 2.45) is 0 Å². The second-order valence-electron chi connectivity index (χ2n) is 4.29. The summed E-state index contributed by atoms with van der Waals surface area (Å²) in [7, 11) is 0. The van der Waals surface area contributed by atoms with Crippen LogP contribution >= 0.6 is 11.8 Å². The van der Waals surface area contributed by atoms with Crippen LogP contribution in [-0.2, 0) is 5.75 Å². The lowest BCUT2D eigenvalue weighted by Gasteiger charge is -2.06. The van der Waals surface area contributed by atoms with Gasteiger partial charge in [-0.2, -0.15) is 11.8 Å². The Labute approximate surface area is 106 Å². The second kappa shape index (κ2) is 5.56. The molecule has 0 fully saturated rings. The average molecular weight is 250 g/mol. The second-order valence-corrected chi connectivity index (χ2v) is 5.71. The van der Waals surface area contributed by atoms with Crippen molar-refractivity contribution in [1.82, 2.24) is 9.38 Å². The van der Waals surface area contributed by atoms with Crippen molar-refractivity contribution in [3.63, 3.8) is 0 Å². The Morgan fingerprint density at radius 2 is 2.35 bits per heavy atom. The van der Waals surface area contributed by atoms with Gasteiger partial charge in [-0.15, -0.1) is 0 Å². The molecule has 2 aromatic rings. The van der Waals surface area contributed by atoms with Gasteiger partial charge < -0.3 is 9.51 Å². The van der Waals surface area contributed by atoms with E-state index in [-0.39, 0.29) is 6.61 Å². The minimum Gasteiger partial charge on any atom is -0.396 e. The number of pyridine rings is 1. The van der Waals surface area contributed by atoms with Crippen molar-refractivity contribution in [3.05, 3.63) is 35.8 Å². The number of nitrogens with zero attached hydrogens (tertiary/aromatic N) is 2. The molecule has 2 aromatic heterocycles. The Morgan fingerprint density at radius 3 is 3.06 bits per heavy atom.